The van der Waals surface area contributed by atoms with Gasteiger partial charge in [0.1, 0.15) is 5.67 Å². The van der Waals surface area contributed by atoms with Crippen LogP contribution in [0.2, 0.25) is 0 Å². The molecule has 2 fully saturated rings. The maximum absolute atomic E-state index is 14.7. The summed E-state index contributed by atoms with van der Waals surface area (Å²) in [6.07, 6.45) is 1.61. The zero-order valence-electron chi connectivity index (χ0n) is 25.7. The molecule has 46 heavy (non-hydrogen) atoms. The lowest BCUT2D eigenvalue weighted by Gasteiger charge is -2.33. The molecule has 11 heteroatoms. The lowest BCUT2D eigenvalue weighted by atomic mass is 9.92. The molecule has 3 aromatic rings. The van der Waals surface area contributed by atoms with Crippen LogP contribution in [0.3, 0.4) is 0 Å². The van der Waals surface area contributed by atoms with E-state index in [1.807, 2.05) is 24.3 Å². The van der Waals surface area contributed by atoms with Crippen molar-refractivity contribution >= 4 is 34.9 Å². The number of nitrogens with one attached hydrogen (secondary N) is 1. The van der Waals surface area contributed by atoms with Gasteiger partial charge >= 0.3 is 0 Å². The number of aliphatic hydroxyl groups excluding tert-OH is 1. The summed E-state index contributed by atoms with van der Waals surface area (Å²) in [4.78, 5) is 49.4. The molecule has 2 N–H and O–H groups in total. The predicted molar refractivity (Wildman–Crippen MR) is 171 cm³/mol. The SMILES string of the molecule is CN1CC(c2cccc(N3CCc4cc(C5(F)CC5)ccc4C3=O)c2CO)N=C(Nc2ccc(C(=O)N3CCOCC3)cc2)C1=O. The van der Waals surface area contributed by atoms with Crippen molar-refractivity contribution in [2.24, 2.45) is 4.99 Å². The van der Waals surface area contributed by atoms with Gasteiger partial charge in [0, 0.05) is 61.3 Å². The number of hydrogen-bond acceptors (Lipinski definition) is 7. The number of amidine groups is 1. The van der Waals surface area contributed by atoms with Gasteiger partial charge in [0.25, 0.3) is 17.7 Å². The Kier molecular flexibility index (Phi) is 7.82. The molecule has 0 aromatic heterocycles. The van der Waals surface area contributed by atoms with Gasteiger partial charge in [-0.3, -0.25) is 19.4 Å². The van der Waals surface area contributed by atoms with Gasteiger partial charge in [0.15, 0.2) is 5.84 Å². The molecule has 1 saturated heterocycles. The van der Waals surface area contributed by atoms with Gasteiger partial charge in [-0.1, -0.05) is 24.3 Å². The fraction of sp³-hybridized carbons (Fsp3) is 0.371. The predicted octanol–water partition coefficient (Wildman–Crippen LogP) is 3.84. The summed E-state index contributed by atoms with van der Waals surface area (Å²) in [7, 11) is 1.70. The molecule has 4 aliphatic rings. The number of hydrogen-bond donors (Lipinski definition) is 2. The third kappa shape index (κ3) is 5.54. The van der Waals surface area contributed by atoms with E-state index in [2.05, 4.69) is 5.32 Å². The summed E-state index contributed by atoms with van der Waals surface area (Å²) < 4.78 is 20.0. The van der Waals surface area contributed by atoms with Gasteiger partial charge in [-0.25, -0.2) is 4.39 Å². The monoisotopic (exact) mass is 625 g/mol. The fourth-order valence-corrected chi connectivity index (χ4v) is 6.54. The topological polar surface area (TPSA) is 115 Å². The van der Waals surface area contributed by atoms with Gasteiger partial charge in [-0.2, -0.15) is 0 Å². The van der Waals surface area contributed by atoms with Gasteiger partial charge in [-0.05, 0) is 72.4 Å². The Labute approximate surface area is 266 Å². The minimum atomic E-state index is -1.26. The van der Waals surface area contributed by atoms with Crippen LogP contribution in [-0.2, 0) is 28.2 Å². The first kappa shape index (κ1) is 30.1. The smallest absolute Gasteiger partial charge is 0.289 e. The van der Waals surface area contributed by atoms with Gasteiger partial charge in [0.2, 0.25) is 0 Å². The van der Waals surface area contributed by atoms with E-state index >= 15 is 0 Å². The summed E-state index contributed by atoms with van der Waals surface area (Å²) >= 11 is 0. The highest BCUT2D eigenvalue weighted by molar-refractivity contribution is 6.42. The fourth-order valence-electron chi connectivity index (χ4n) is 6.54. The molecule has 0 spiro atoms. The molecule has 3 amide bonds. The van der Waals surface area contributed by atoms with E-state index in [1.165, 1.54) is 0 Å². The van der Waals surface area contributed by atoms with Crippen molar-refractivity contribution in [3.8, 4) is 0 Å². The van der Waals surface area contributed by atoms with E-state index in [0.29, 0.717) is 91.3 Å². The van der Waals surface area contributed by atoms with Crippen LogP contribution in [0.1, 0.15) is 61.9 Å². The highest BCUT2D eigenvalue weighted by Gasteiger charge is 2.45. The van der Waals surface area contributed by atoms with Crippen LogP contribution in [-0.4, -0.2) is 84.9 Å². The zero-order chi connectivity index (χ0) is 32.0. The zero-order valence-corrected chi connectivity index (χ0v) is 25.7. The Balaban J connectivity index is 1.13. The Hall–Kier alpha value is -4.61. The number of likely N-dealkylation sites (N-methyl/N-ethyl adjacent to an activating group) is 1. The number of halogens is 1. The number of rotatable bonds is 6. The number of carbonyl (C=O) groups is 3. The highest BCUT2D eigenvalue weighted by atomic mass is 19.1. The van der Waals surface area contributed by atoms with E-state index in [4.69, 9.17) is 9.73 Å². The van der Waals surface area contributed by atoms with Crippen molar-refractivity contribution in [1.29, 1.82) is 0 Å². The summed E-state index contributed by atoms with van der Waals surface area (Å²) in [5, 5.41) is 13.7. The van der Waals surface area contributed by atoms with Crippen molar-refractivity contribution in [1.82, 2.24) is 9.80 Å². The molecule has 10 nitrogen and oxygen atoms in total. The molecule has 3 aromatic carbocycles. The number of amides is 3. The quantitative estimate of drug-likeness (QED) is 0.431. The molecule has 1 saturated carbocycles. The Morgan fingerprint density at radius 3 is 2.52 bits per heavy atom. The van der Waals surface area contributed by atoms with Gasteiger partial charge < -0.3 is 29.9 Å². The second kappa shape index (κ2) is 12.0. The Morgan fingerprint density at radius 1 is 1.04 bits per heavy atom. The second-order valence-electron chi connectivity index (χ2n) is 12.3. The summed E-state index contributed by atoms with van der Waals surface area (Å²) in [5.41, 5.74) is 3.79. The van der Waals surface area contributed by atoms with Crippen LogP contribution >= 0.6 is 0 Å². The number of alkyl halides is 1. The summed E-state index contributed by atoms with van der Waals surface area (Å²) in [6, 6.07) is 17.2. The Morgan fingerprint density at radius 2 is 1.80 bits per heavy atom. The van der Waals surface area contributed by atoms with E-state index in [1.54, 1.807) is 58.1 Å². The van der Waals surface area contributed by atoms with E-state index in [0.717, 1.165) is 5.56 Å². The highest BCUT2D eigenvalue weighted by Crippen LogP contribution is 2.50. The molecule has 1 atom stereocenters. The van der Waals surface area contributed by atoms with Crippen molar-refractivity contribution < 1.29 is 28.6 Å². The first-order chi connectivity index (χ1) is 22.3. The largest absolute Gasteiger partial charge is 0.392 e. The second-order valence-corrected chi connectivity index (χ2v) is 12.3. The number of aliphatic imine (C=N–C) groups is 1. The lowest BCUT2D eigenvalue weighted by Crippen LogP contribution is -2.44. The van der Waals surface area contributed by atoms with Crippen molar-refractivity contribution in [3.63, 3.8) is 0 Å². The molecule has 1 unspecified atom stereocenters. The molecule has 0 bridgehead atoms. The average molecular weight is 626 g/mol. The molecule has 1 aliphatic carbocycles. The molecular weight excluding hydrogens is 589 g/mol. The molecule has 7 rings (SSSR count). The maximum Gasteiger partial charge on any atom is 0.289 e. The van der Waals surface area contributed by atoms with Crippen molar-refractivity contribution in [2.75, 3.05) is 56.7 Å². The maximum atomic E-state index is 14.7. The molecule has 0 radical (unpaired) electrons. The normalized spacial score (nSPS) is 20.7. The first-order valence-corrected chi connectivity index (χ1v) is 15.7. The lowest BCUT2D eigenvalue weighted by molar-refractivity contribution is -0.123. The van der Waals surface area contributed by atoms with Gasteiger partial charge in [-0.15, -0.1) is 0 Å². The van der Waals surface area contributed by atoms with Crippen LogP contribution in [0.5, 0.6) is 0 Å². The number of fused-ring (bicyclic) bond motifs is 1. The first-order valence-electron chi connectivity index (χ1n) is 15.7. The number of ether oxygens (including phenoxy) is 1. The van der Waals surface area contributed by atoms with Crippen LogP contribution < -0.4 is 10.2 Å². The van der Waals surface area contributed by atoms with E-state index < -0.39 is 11.7 Å². The minimum Gasteiger partial charge on any atom is -0.392 e. The standard InChI is InChI=1S/C35H36FN5O5/c1-39-20-29(38-31(34(39)45)37-25-8-5-22(6-9-25)32(43)40-15-17-46-18-16-40)27-3-2-4-30(28(27)21-42)41-14-11-23-19-24(35(36)12-13-35)7-10-26(23)33(41)44/h2-10,19,29,42H,11-18,20-21H2,1H3,(H,37,38). The third-order valence-corrected chi connectivity index (χ3v) is 9.36. The van der Waals surface area contributed by atoms with Crippen molar-refractivity contribution in [2.45, 2.75) is 37.6 Å². The van der Waals surface area contributed by atoms with Crippen LogP contribution in [0.4, 0.5) is 15.8 Å². The summed E-state index contributed by atoms with van der Waals surface area (Å²) in [6.45, 7) is 2.51. The number of nitrogens with zero attached hydrogens (tertiary/aromatic N) is 4. The molecular formula is C35H36FN5O5. The number of morpholine rings is 1. The van der Waals surface area contributed by atoms with Gasteiger partial charge in [0.05, 0.1) is 25.9 Å². The summed E-state index contributed by atoms with van der Waals surface area (Å²) in [5.74, 6) is -0.403. The molecule has 3 aliphatic heterocycles. The number of aliphatic hydroxyl groups is 1. The van der Waals surface area contributed by atoms with Crippen LogP contribution in [0, 0.1) is 0 Å². The van der Waals surface area contributed by atoms with Crippen molar-refractivity contribution in [3.05, 3.63) is 94.0 Å². The number of benzene rings is 3. The molecule has 238 valence electrons. The third-order valence-electron chi connectivity index (χ3n) is 9.36. The van der Waals surface area contributed by atoms with E-state index in [9.17, 15) is 23.9 Å². The average Bonchev–Trinajstić information content (AvgIpc) is 3.85. The number of carbonyl (C=O) groups excluding carboxylic acids is 3. The van der Waals surface area contributed by atoms with Crippen LogP contribution in [0.15, 0.2) is 65.7 Å². The van der Waals surface area contributed by atoms with Crippen LogP contribution in [0.25, 0.3) is 0 Å². The van der Waals surface area contributed by atoms with E-state index in [-0.39, 0.29) is 36.7 Å². The minimum absolute atomic E-state index is 0.0658. The molecule has 3 heterocycles. The number of anilines is 2. The Bertz CT molecular complexity index is 1730.